The number of hydrogen-bond acceptors (Lipinski definition) is 3. The normalized spacial score (nSPS) is 10.2. The smallest absolute Gasteiger partial charge is 0.335 e. The Morgan fingerprint density at radius 1 is 1.25 bits per heavy atom. The zero-order valence-electron chi connectivity index (χ0n) is 11.1. The van der Waals surface area contributed by atoms with Crippen LogP contribution in [0.25, 0.3) is 0 Å². The molecule has 1 N–H and O–H groups in total. The summed E-state index contributed by atoms with van der Waals surface area (Å²) in [6.07, 6.45) is 0. The number of halogens is 1. The molecule has 0 heterocycles. The summed E-state index contributed by atoms with van der Waals surface area (Å²) < 4.78 is 5.18. The van der Waals surface area contributed by atoms with Crippen LogP contribution in [0.15, 0.2) is 42.5 Å². The van der Waals surface area contributed by atoms with Crippen molar-refractivity contribution < 1.29 is 14.6 Å². The van der Waals surface area contributed by atoms with E-state index in [4.69, 9.17) is 21.4 Å². The van der Waals surface area contributed by atoms with E-state index < -0.39 is 5.97 Å². The molecule has 5 heteroatoms. The first-order chi connectivity index (χ1) is 9.52. The fraction of sp³-hybridized carbons (Fsp3) is 0.133. The largest absolute Gasteiger partial charge is 0.497 e. The van der Waals surface area contributed by atoms with Gasteiger partial charge in [-0.3, -0.25) is 0 Å². The van der Waals surface area contributed by atoms with E-state index in [0.717, 1.165) is 17.1 Å². The summed E-state index contributed by atoms with van der Waals surface area (Å²) in [4.78, 5) is 12.8. The monoisotopic (exact) mass is 291 g/mol. The van der Waals surface area contributed by atoms with Gasteiger partial charge >= 0.3 is 5.97 Å². The number of anilines is 2. The maximum absolute atomic E-state index is 10.9. The van der Waals surface area contributed by atoms with Crippen LogP contribution in [-0.4, -0.2) is 25.2 Å². The Bertz CT molecular complexity index is 643. The first-order valence-electron chi connectivity index (χ1n) is 5.93. The Labute approximate surface area is 122 Å². The van der Waals surface area contributed by atoms with Crippen LogP contribution in [-0.2, 0) is 0 Å². The number of methoxy groups -OCH3 is 1. The van der Waals surface area contributed by atoms with Crippen molar-refractivity contribution in [2.75, 3.05) is 19.1 Å². The summed E-state index contributed by atoms with van der Waals surface area (Å²) in [6.45, 7) is 0. The third kappa shape index (κ3) is 2.86. The van der Waals surface area contributed by atoms with Crippen molar-refractivity contribution in [2.24, 2.45) is 0 Å². The molecule has 0 atom stereocenters. The van der Waals surface area contributed by atoms with E-state index in [0.29, 0.717) is 5.02 Å². The summed E-state index contributed by atoms with van der Waals surface area (Å²) in [5, 5.41) is 9.32. The zero-order chi connectivity index (χ0) is 14.7. The topological polar surface area (TPSA) is 49.8 Å². The predicted octanol–water partition coefficient (Wildman–Crippen LogP) is 3.81. The van der Waals surface area contributed by atoms with E-state index in [2.05, 4.69) is 0 Å². The van der Waals surface area contributed by atoms with Crippen LogP contribution in [0.1, 0.15) is 10.4 Å². The van der Waals surface area contributed by atoms with Crippen molar-refractivity contribution in [1.82, 2.24) is 0 Å². The van der Waals surface area contributed by atoms with Crippen molar-refractivity contribution in [3.8, 4) is 5.75 Å². The van der Waals surface area contributed by atoms with Gasteiger partial charge < -0.3 is 14.7 Å². The number of carboxylic acid groups (broad SMARTS) is 1. The summed E-state index contributed by atoms with van der Waals surface area (Å²) in [5.74, 6) is -0.255. The minimum atomic E-state index is -0.998. The van der Waals surface area contributed by atoms with Gasteiger partial charge in [0.15, 0.2) is 0 Å². The van der Waals surface area contributed by atoms with Crippen molar-refractivity contribution in [2.45, 2.75) is 0 Å². The van der Waals surface area contributed by atoms with Crippen LogP contribution >= 0.6 is 11.6 Å². The molecule has 0 unspecified atom stereocenters. The minimum Gasteiger partial charge on any atom is -0.497 e. The molecular formula is C15H14ClNO3. The Kier molecular flexibility index (Phi) is 4.15. The minimum absolute atomic E-state index is 0.165. The van der Waals surface area contributed by atoms with Gasteiger partial charge in [-0.2, -0.15) is 0 Å². The average molecular weight is 292 g/mol. The number of carbonyl (C=O) groups is 1. The van der Waals surface area contributed by atoms with E-state index in [1.54, 1.807) is 13.2 Å². The molecule has 0 aliphatic carbocycles. The molecule has 0 aliphatic heterocycles. The predicted molar refractivity (Wildman–Crippen MR) is 79.5 cm³/mol. The van der Waals surface area contributed by atoms with Gasteiger partial charge in [-0.25, -0.2) is 4.79 Å². The second-order valence-electron chi connectivity index (χ2n) is 4.23. The van der Waals surface area contributed by atoms with E-state index in [1.807, 2.05) is 36.2 Å². The first kappa shape index (κ1) is 14.2. The molecule has 0 radical (unpaired) electrons. The third-order valence-electron chi connectivity index (χ3n) is 3.00. The summed E-state index contributed by atoms with van der Waals surface area (Å²) in [5.41, 5.74) is 1.79. The molecule has 0 spiro atoms. The number of hydrogen-bond donors (Lipinski definition) is 1. The number of carboxylic acids is 1. The molecule has 2 aromatic carbocycles. The Morgan fingerprint density at radius 2 is 2.00 bits per heavy atom. The van der Waals surface area contributed by atoms with Crippen LogP contribution in [0.4, 0.5) is 11.4 Å². The number of aromatic carboxylic acids is 1. The molecule has 0 amide bonds. The van der Waals surface area contributed by atoms with E-state index >= 15 is 0 Å². The fourth-order valence-corrected chi connectivity index (χ4v) is 2.18. The van der Waals surface area contributed by atoms with Gasteiger partial charge in [-0.05, 0) is 30.3 Å². The van der Waals surface area contributed by atoms with E-state index in [1.165, 1.54) is 12.1 Å². The van der Waals surface area contributed by atoms with E-state index in [-0.39, 0.29) is 5.56 Å². The highest BCUT2D eigenvalue weighted by atomic mass is 35.5. The molecule has 0 fully saturated rings. The van der Waals surface area contributed by atoms with Crippen LogP contribution in [0.3, 0.4) is 0 Å². The lowest BCUT2D eigenvalue weighted by atomic mass is 10.2. The van der Waals surface area contributed by atoms with Crippen molar-refractivity contribution in [3.63, 3.8) is 0 Å². The Morgan fingerprint density at radius 3 is 2.60 bits per heavy atom. The zero-order valence-corrected chi connectivity index (χ0v) is 11.9. The molecule has 2 rings (SSSR count). The molecule has 2 aromatic rings. The number of benzene rings is 2. The van der Waals surface area contributed by atoms with Gasteiger partial charge in [-0.1, -0.05) is 17.7 Å². The van der Waals surface area contributed by atoms with E-state index in [9.17, 15) is 4.79 Å². The van der Waals surface area contributed by atoms with Gasteiger partial charge in [0, 0.05) is 18.8 Å². The van der Waals surface area contributed by atoms with Gasteiger partial charge in [0.2, 0.25) is 0 Å². The lowest BCUT2D eigenvalue weighted by Crippen LogP contribution is -2.10. The highest BCUT2D eigenvalue weighted by molar-refractivity contribution is 6.33. The lowest BCUT2D eigenvalue weighted by molar-refractivity contribution is 0.0697. The molecule has 20 heavy (non-hydrogen) atoms. The molecule has 4 nitrogen and oxygen atoms in total. The summed E-state index contributed by atoms with van der Waals surface area (Å²) >= 11 is 6.16. The van der Waals surface area contributed by atoms with Crippen LogP contribution < -0.4 is 9.64 Å². The van der Waals surface area contributed by atoms with Crippen molar-refractivity contribution in [3.05, 3.63) is 53.1 Å². The quantitative estimate of drug-likeness (QED) is 0.930. The molecule has 0 saturated heterocycles. The molecule has 104 valence electrons. The van der Waals surface area contributed by atoms with Gasteiger partial charge in [0.05, 0.1) is 23.4 Å². The number of nitrogens with zero attached hydrogens (tertiary/aromatic N) is 1. The highest BCUT2D eigenvalue weighted by Crippen LogP contribution is 2.32. The summed E-state index contributed by atoms with van der Waals surface area (Å²) in [6, 6.07) is 12.2. The second-order valence-corrected chi connectivity index (χ2v) is 4.64. The molecule has 0 saturated carbocycles. The fourth-order valence-electron chi connectivity index (χ4n) is 1.87. The van der Waals surface area contributed by atoms with Crippen molar-refractivity contribution >= 4 is 28.9 Å². The molecule has 0 aromatic heterocycles. The first-order valence-corrected chi connectivity index (χ1v) is 6.31. The Balaban J connectivity index is 2.37. The maximum atomic E-state index is 10.9. The number of ether oxygens (including phenoxy) is 1. The number of rotatable bonds is 4. The van der Waals surface area contributed by atoms with Gasteiger partial charge in [0.1, 0.15) is 5.75 Å². The van der Waals surface area contributed by atoms with Crippen LogP contribution in [0.2, 0.25) is 5.02 Å². The van der Waals surface area contributed by atoms with Crippen LogP contribution in [0.5, 0.6) is 5.75 Å². The molecular weight excluding hydrogens is 278 g/mol. The van der Waals surface area contributed by atoms with Crippen molar-refractivity contribution in [1.29, 1.82) is 0 Å². The van der Waals surface area contributed by atoms with Gasteiger partial charge in [0.25, 0.3) is 0 Å². The molecule has 0 aliphatic rings. The SMILES string of the molecule is COc1cccc(N(C)c2ccc(C(=O)O)cc2Cl)c1. The highest BCUT2D eigenvalue weighted by Gasteiger charge is 2.12. The maximum Gasteiger partial charge on any atom is 0.335 e. The average Bonchev–Trinajstić information content (AvgIpc) is 2.46. The van der Waals surface area contributed by atoms with Crippen LogP contribution in [0, 0.1) is 0 Å². The second kappa shape index (κ2) is 5.84. The standard InChI is InChI=1S/C15H14ClNO3/c1-17(11-4-3-5-12(9-11)20-2)14-7-6-10(15(18)19)8-13(14)16/h3-9H,1-2H3,(H,18,19). The Hall–Kier alpha value is -2.20. The lowest BCUT2D eigenvalue weighted by Gasteiger charge is -2.21. The molecule has 0 bridgehead atoms. The van der Waals surface area contributed by atoms with Gasteiger partial charge in [-0.15, -0.1) is 0 Å². The summed E-state index contributed by atoms with van der Waals surface area (Å²) in [7, 11) is 3.46. The third-order valence-corrected chi connectivity index (χ3v) is 3.30.